The number of rotatable bonds is 7. The van der Waals surface area contributed by atoms with Crippen LogP contribution in [0.25, 0.3) is 0 Å². The molecule has 1 aromatic rings. The molecule has 0 aliphatic carbocycles. The molecule has 1 heterocycles. The number of carbonyl (C=O) groups excluding carboxylic acids is 2. The van der Waals surface area contributed by atoms with E-state index in [0.29, 0.717) is 13.1 Å². The number of hydrogen-bond acceptors (Lipinski definition) is 6. The summed E-state index contributed by atoms with van der Waals surface area (Å²) in [4.78, 5) is 39.8. The van der Waals surface area contributed by atoms with E-state index in [0.717, 1.165) is 4.57 Å². The Kier molecular flexibility index (Phi) is 5.85. The first-order valence-corrected chi connectivity index (χ1v) is 6.19. The summed E-state index contributed by atoms with van der Waals surface area (Å²) in [6.07, 6.45) is 1.41. The first-order valence-electron chi connectivity index (χ1n) is 6.19. The highest BCUT2D eigenvalue weighted by Gasteiger charge is 2.16. The van der Waals surface area contributed by atoms with Gasteiger partial charge in [-0.3, -0.25) is 14.2 Å². The summed E-state index contributed by atoms with van der Waals surface area (Å²) in [6.45, 7) is 2.23. The van der Waals surface area contributed by atoms with Crippen LogP contribution in [0.15, 0.2) is 17.1 Å². The van der Waals surface area contributed by atoms with Gasteiger partial charge in [0.15, 0.2) is 0 Å². The highest BCUT2D eigenvalue weighted by Crippen LogP contribution is 1.95. The number of nitrogen functional groups attached to an aromatic ring is 1. The van der Waals surface area contributed by atoms with Crippen LogP contribution in [0.3, 0.4) is 0 Å². The van der Waals surface area contributed by atoms with E-state index >= 15 is 0 Å². The van der Waals surface area contributed by atoms with Crippen molar-refractivity contribution in [1.82, 2.24) is 19.8 Å². The summed E-state index contributed by atoms with van der Waals surface area (Å²) < 4.78 is 1.16. The minimum Gasteiger partial charge on any atom is -0.383 e. The molecule has 1 amide bonds. The zero-order valence-corrected chi connectivity index (χ0v) is 11.6. The second kappa shape index (κ2) is 7.39. The zero-order valence-electron chi connectivity index (χ0n) is 11.6. The Balaban J connectivity index is 2.78. The van der Waals surface area contributed by atoms with E-state index in [-0.39, 0.29) is 30.6 Å². The third-order valence-electron chi connectivity index (χ3n) is 2.60. The first-order chi connectivity index (χ1) is 9.43. The van der Waals surface area contributed by atoms with Crippen molar-refractivity contribution in [3.63, 3.8) is 0 Å². The number of ketones is 1. The number of nitrogens with two attached hydrogens (primary N) is 1. The topological polar surface area (TPSA) is 110 Å². The molecule has 0 saturated heterocycles. The smallest absolute Gasteiger partial charge is 0.349 e. The van der Waals surface area contributed by atoms with Crippen LogP contribution in [0, 0.1) is 0 Å². The Morgan fingerprint density at radius 1 is 1.50 bits per heavy atom. The van der Waals surface area contributed by atoms with Gasteiger partial charge >= 0.3 is 5.69 Å². The van der Waals surface area contributed by atoms with E-state index in [1.165, 1.54) is 24.1 Å². The summed E-state index contributed by atoms with van der Waals surface area (Å²) >= 11 is 0. The molecular formula is C12H19N5O3. The lowest BCUT2D eigenvalue weighted by atomic mass is 10.3. The fourth-order valence-corrected chi connectivity index (χ4v) is 1.62. The van der Waals surface area contributed by atoms with Crippen molar-refractivity contribution in [1.29, 1.82) is 0 Å². The van der Waals surface area contributed by atoms with E-state index < -0.39 is 5.69 Å². The Labute approximate surface area is 116 Å². The van der Waals surface area contributed by atoms with Crippen LogP contribution in [-0.2, 0) is 16.1 Å². The number of nitrogens with zero attached hydrogens (tertiary/aromatic N) is 3. The molecule has 0 unspecified atom stereocenters. The molecule has 110 valence electrons. The maximum Gasteiger partial charge on any atom is 0.349 e. The van der Waals surface area contributed by atoms with Crippen molar-refractivity contribution in [2.24, 2.45) is 0 Å². The molecule has 8 nitrogen and oxygen atoms in total. The quantitative estimate of drug-likeness (QED) is 0.627. The standard InChI is InChI=1S/C12H19N5O3/c1-9(18)7-16(6-4-14-2)11(19)8-17-5-3-10(13)15-12(17)20/h3,5,14H,4,6-8H2,1-2H3,(H2,13,15,20). The Bertz CT molecular complexity index is 540. The molecule has 0 aromatic carbocycles. The lowest BCUT2D eigenvalue weighted by Crippen LogP contribution is -2.42. The van der Waals surface area contributed by atoms with Crippen molar-refractivity contribution in [3.8, 4) is 0 Å². The molecule has 0 aliphatic rings. The fraction of sp³-hybridized carbons (Fsp3) is 0.500. The number of amides is 1. The van der Waals surface area contributed by atoms with Crippen LogP contribution in [0.4, 0.5) is 5.82 Å². The van der Waals surface area contributed by atoms with Gasteiger partial charge in [-0.05, 0) is 20.0 Å². The largest absolute Gasteiger partial charge is 0.383 e. The summed E-state index contributed by atoms with van der Waals surface area (Å²) in [7, 11) is 1.75. The number of Topliss-reactive ketones (excluding diaryl/α,β-unsaturated/α-hetero) is 1. The lowest BCUT2D eigenvalue weighted by molar-refractivity contribution is -0.135. The van der Waals surface area contributed by atoms with Crippen LogP contribution < -0.4 is 16.7 Å². The van der Waals surface area contributed by atoms with Gasteiger partial charge in [0.2, 0.25) is 5.91 Å². The number of nitrogens with one attached hydrogen (secondary N) is 1. The molecule has 8 heteroatoms. The van der Waals surface area contributed by atoms with Gasteiger partial charge in [0.05, 0.1) is 6.54 Å². The second-order valence-electron chi connectivity index (χ2n) is 4.38. The molecule has 0 bridgehead atoms. The monoisotopic (exact) mass is 281 g/mol. The third-order valence-corrected chi connectivity index (χ3v) is 2.60. The van der Waals surface area contributed by atoms with Crippen LogP contribution in [0.5, 0.6) is 0 Å². The van der Waals surface area contributed by atoms with E-state index in [4.69, 9.17) is 5.73 Å². The minimum atomic E-state index is -0.588. The van der Waals surface area contributed by atoms with E-state index in [1.54, 1.807) is 7.05 Å². The first kappa shape index (κ1) is 15.8. The Morgan fingerprint density at radius 3 is 2.75 bits per heavy atom. The molecule has 0 aliphatic heterocycles. The average Bonchev–Trinajstić information content (AvgIpc) is 2.37. The average molecular weight is 281 g/mol. The second-order valence-corrected chi connectivity index (χ2v) is 4.38. The van der Waals surface area contributed by atoms with Gasteiger partial charge in [-0.15, -0.1) is 0 Å². The molecule has 0 fully saturated rings. The molecule has 3 N–H and O–H groups in total. The van der Waals surface area contributed by atoms with Gasteiger partial charge in [-0.1, -0.05) is 0 Å². The van der Waals surface area contributed by atoms with E-state index in [9.17, 15) is 14.4 Å². The maximum absolute atomic E-state index is 12.1. The van der Waals surface area contributed by atoms with Gasteiger partial charge in [-0.2, -0.15) is 4.98 Å². The lowest BCUT2D eigenvalue weighted by Gasteiger charge is -2.21. The van der Waals surface area contributed by atoms with Crippen molar-refractivity contribution in [2.45, 2.75) is 13.5 Å². The predicted molar refractivity (Wildman–Crippen MR) is 74.1 cm³/mol. The van der Waals surface area contributed by atoms with Crippen LogP contribution in [0.2, 0.25) is 0 Å². The van der Waals surface area contributed by atoms with Crippen molar-refractivity contribution in [3.05, 3.63) is 22.7 Å². The van der Waals surface area contributed by atoms with E-state index in [1.807, 2.05) is 0 Å². The number of hydrogen-bond donors (Lipinski definition) is 2. The number of aromatic nitrogens is 2. The van der Waals surface area contributed by atoms with Crippen molar-refractivity contribution < 1.29 is 9.59 Å². The normalized spacial score (nSPS) is 10.3. The SMILES string of the molecule is CNCCN(CC(C)=O)C(=O)Cn1ccc(N)nc1=O. The van der Waals surface area contributed by atoms with Gasteiger partial charge in [0, 0.05) is 19.3 Å². The predicted octanol–water partition coefficient (Wildman–Crippen LogP) is -1.54. The van der Waals surface area contributed by atoms with Crippen LogP contribution in [0.1, 0.15) is 6.92 Å². The zero-order chi connectivity index (χ0) is 15.1. The van der Waals surface area contributed by atoms with Gasteiger partial charge < -0.3 is 16.0 Å². The summed E-state index contributed by atoms with van der Waals surface area (Å²) in [5.41, 5.74) is 4.79. The van der Waals surface area contributed by atoms with Gasteiger partial charge in [0.25, 0.3) is 0 Å². The van der Waals surface area contributed by atoms with Crippen molar-refractivity contribution in [2.75, 3.05) is 32.4 Å². The van der Waals surface area contributed by atoms with Crippen LogP contribution in [-0.4, -0.2) is 52.8 Å². The summed E-state index contributed by atoms with van der Waals surface area (Å²) in [5, 5.41) is 2.91. The number of carbonyl (C=O) groups is 2. The Hall–Kier alpha value is -2.22. The highest BCUT2D eigenvalue weighted by molar-refractivity contribution is 5.84. The minimum absolute atomic E-state index is 0.0255. The number of anilines is 1. The van der Waals surface area contributed by atoms with E-state index in [2.05, 4.69) is 10.3 Å². The van der Waals surface area contributed by atoms with Gasteiger partial charge in [0.1, 0.15) is 18.1 Å². The molecule has 1 aromatic heterocycles. The molecular weight excluding hydrogens is 262 g/mol. The molecule has 0 atom stereocenters. The summed E-state index contributed by atoms with van der Waals surface area (Å²) in [6, 6.07) is 1.44. The third kappa shape index (κ3) is 4.81. The number of likely N-dealkylation sites (N-methyl/N-ethyl adjacent to an activating group) is 1. The van der Waals surface area contributed by atoms with Crippen LogP contribution >= 0.6 is 0 Å². The molecule has 1 rings (SSSR count). The molecule has 20 heavy (non-hydrogen) atoms. The molecule has 0 saturated carbocycles. The summed E-state index contributed by atoms with van der Waals surface area (Å²) in [5.74, 6) is -0.323. The Morgan fingerprint density at radius 2 is 2.20 bits per heavy atom. The highest BCUT2D eigenvalue weighted by atomic mass is 16.2. The maximum atomic E-state index is 12.1. The molecule has 0 spiro atoms. The van der Waals surface area contributed by atoms with Gasteiger partial charge in [-0.25, -0.2) is 4.79 Å². The molecule has 0 radical (unpaired) electrons. The fourth-order valence-electron chi connectivity index (χ4n) is 1.62. The van der Waals surface area contributed by atoms with Crippen molar-refractivity contribution >= 4 is 17.5 Å².